The molecule has 2 rings (SSSR count). The lowest BCUT2D eigenvalue weighted by molar-refractivity contribution is -0.161. The van der Waals surface area contributed by atoms with Gasteiger partial charge in [-0.2, -0.15) is 0 Å². The Balaban J connectivity index is 1.69. The van der Waals surface area contributed by atoms with Crippen molar-refractivity contribution in [1.29, 1.82) is 0 Å². The zero-order valence-corrected chi connectivity index (χ0v) is 36.3. The molecule has 2 aromatic rings. The average molecular weight is 826 g/mol. The van der Waals surface area contributed by atoms with Crippen LogP contribution in [0.3, 0.4) is 0 Å². The van der Waals surface area contributed by atoms with Gasteiger partial charge in [0, 0.05) is 38.5 Å². The first kappa shape index (κ1) is 50.2. The second kappa shape index (κ2) is 28.5. The molecule has 0 amide bonds. The average Bonchev–Trinajstić information content (AvgIpc) is 3.66. The third kappa shape index (κ3) is 21.6. The number of carboxylic acids is 1. The van der Waals surface area contributed by atoms with Crippen LogP contribution in [0.25, 0.3) is 0 Å². The maximum atomic E-state index is 12.7. The van der Waals surface area contributed by atoms with Crippen molar-refractivity contribution in [2.75, 3.05) is 19.8 Å². The van der Waals surface area contributed by atoms with E-state index in [9.17, 15) is 23.8 Å². The van der Waals surface area contributed by atoms with Gasteiger partial charge in [0.15, 0.2) is 6.10 Å². The van der Waals surface area contributed by atoms with Crippen molar-refractivity contribution < 1.29 is 56.3 Å². The lowest BCUT2D eigenvalue weighted by atomic mass is 10.0. The minimum atomic E-state index is -4.74. The number of ether oxygens (including phenoxy) is 2. The molecule has 0 saturated heterocycles. The number of unbranched alkanes of at least 4 members (excludes halogenated alkanes) is 12. The van der Waals surface area contributed by atoms with Crippen LogP contribution in [0.2, 0.25) is 0 Å². The summed E-state index contributed by atoms with van der Waals surface area (Å²) in [5.74, 6) is 1.90. The van der Waals surface area contributed by atoms with Gasteiger partial charge in [0.2, 0.25) is 0 Å². The van der Waals surface area contributed by atoms with Gasteiger partial charge >= 0.3 is 25.7 Å². The third-order valence-corrected chi connectivity index (χ3v) is 11.1. The Kier molecular flexibility index (Phi) is 25.1. The van der Waals surface area contributed by atoms with Crippen LogP contribution in [0.15, 0.2) is 14.9 Å². The van der Waals surface area contributed by atoms with E-state index in [4.69, 9.17) is 33.7 Å². The van der Waals surface area contributed by atoms with Crippen molar-refractivity contribution in [2.45, 2.75) is 188 Å². The minimum Gasteiger partial charge on any atom is -0.480 e. The number of carboxylic acid groups (broad SMARTS) is 1. The van der Waals surface area contributed by atoms with E-state index in [1.807, 2.05) is 0 Å². The standard InChI is InChI=1S/C43H72NO12P/c1-6-8-17-23-35-28-32(3)38(54-35)24-18-13-9-12-16-21-27-42(46)55-36(30-52-57(49,50)53-31-37(44)43(47)48)29-51-41(45)26-20-15-11-10-14-19-25-40-34(5)33(4)39(56-40)22-7-2/h28,36-37H,6-27,29-31,44H2,1-5H3,(H,47,48)(H,49,50). The maximum Gasteiger partial charge on any atom is 0.472 e. The molecule has 0 fully saturated rings. The topological polar surface area (TPSA) is 198 Å². The number of phosphoric ester groups is 1. The number of hydrogen-bond donors (Lipinski definition) is 3. The molecule has 3 unspecified atom stereocenters. The first-order valence-electron chi connectivity index (χ1n) is 21.4. The summed E-state index contributed by atoms with van der Waals surface area (Å²) in [5, 5.41) is 8.91. The number of carbonyl (C=O) groups is 3. The van der Waals surface area contributed by atoms with Crippen molar-refractivity contribution in [3.8, 4) is 0 Å². The Hall–Kier alpha value is -2.96. The normalized spacial score (nSPS) is 13.7. The van der Waals surface area contributed by atoms with E-state index in [1.54, 1.807) is 0 Å². The van der Waals surface area contributed by atoms with Crippen LogP contribution in [0, 0.1) is 20.8 Å². The summed E-state index contributed by atoms with van der Waals surface area (Å²) >= 11 is 0. The molecule has 14 heteroatoms. The van der Waals surface area contributed by atoms with Crippen LogP contribution in [-0.2, 0) is 63.2 Å². The summed E-state index contributed by atoms with van der Waals surface area (Å²) in [6, 6.07) is 0.628. The highest BCUT2D eigenvalue weighted by atomic mass is 31.2. The summed E-state index contributed by atoms with van der Waals surface area (Å²) in [5.41, 5.74) is 9.10. The molecule has 326 valence electrons. The predicted molar refractivity (Wildman–Crippen MR) is 219 cm³/mol. The monoisotopic (exact) mass is 825 g/mol. The van der Waals surface area contributed by atoms with Crippen molar-refractivity contribution in [3.63, 3.8) is 0 Å². The summed E-state index contributed by atoms with van der Waals surface area (Å²) in [6.45, 7) is 8.96. The molecule has 0 saturated carbocycles. The van der Waals surface area contributed by atoms with Gasteiger partial charge in [-0.15, -0.1) is 0 Å². The Morgan fingerprint density at radius 1 is 0.667 bits per heavy atom. The lowest BCUT2D eigenvalue weighted by Gasteiger charge is -2.20. The SMILES string of the molecule is CCCCCc1cc(C)c(CCCCCCCCC(=O)OC(COC(=O)CCCCCCCCc2oc(CCC)c(C)c2C)COP(=O)(O)OCC(N)C(=O)O)o1. The Bertz CT molecular complexity index is 1500. The number of nitrogens with two attached hydrogens (primary N) is 1. The van der Waals surface area contributed by atoms with E-state index in [0.717, 1.165) is 126 Å². The smallest absolute Gasteiger partial charge is 0.472 e. The number of furan rings is 2. The van der Waals surface area contributed by atoms with Gasteiger partial charge < -0.3 is 34.0 Å². The molecule has 0 radical (unpaired) electrons. The van der Waals surface area contributed by atoms with Gasteiger partial charge in [-0.25, -0.2) is 4.57 Å². The Morgan fingerprint density at radius 3 is 1.79 bits per heavy atom. The number of rotatable bonds is 34. The molecule has 2 heterocycles. The molecule has 0 spiro atoms. The Morgan fingerprint density at radius 2 is 1.19 bits per heavy atom. The second-order valence-corrected chi connectivity index (χ2v) is 16.7. The van der Waals surface area contributed by atoms with Gasteiger partial charge in [0.25, 0.3) is 0 Å². The summed E-state index contributed by atoms with van der Waals surface area (Å²) < 4.78 is 44.9. The van der Waals surface area contributed by atoms with E-state index in [-0.39, 0.29) is 19.4 Å². The molecule has 3 atom stereocenters. The molecule has 0 aliphatic heterocycles. The maximum absolute atomic E-state index is 12.7. The highest BCUT2D eigenvalue weighted by Crippen LogP contribution is 2.43. The molecule has 4 N–H and O–H groups in total. The highest BCUT2D eigenvalue weighted by molar-refractivity contribution is 7.47. The molecule has 57 heavy (non-hydrogen) atoms. The second-order valence-electron chi connectivity index (χ2n) is 15.3. The fraction of sp³-hybridized carbons (Fsp3) is 0.744. The zero-order chi connectivity index (χ0) is 42.1. The number of aliphatic carboxylic acids is 1. The van der Waals surface area contributed by atoms with Gasteiger partial charge in [0.1, 0.15) is 35.7 Å². The van der Waals surface area contributed by atoms with Crippen LogP contribution < -0.4 is 5.73 Å². The van der Waals surface area contributed by atoms with Gasteiger partial charge in [-0.3, -0.25) is 23.4 Å². The molecule has 0 aliphatic carbocycles. The van der Waals surface area contributed by atoms with E-state index >= 15 is 0 Å². The zero-order valence-electron chi connectivity index (χ0n) is 35.4. The van der Waals surface area contributed by atoms with E-state index in [2.05, 4.69) is 45.2 Å². The number of carbonyl (C=O) groups excluding carboxylic acids is 2. The molecule has 0 bridgehead atoms. The number of hydrogen-bond acceptors (Lipinski definition) is 11. The quantitative estimate of drug-likeness (QED) is 0.0343. The van der Waals surface area contributed by atoms with Gasteiger partial charge in [-0.1, -0.05) is 78.1 Å². The lowest BCUT2D eigenvalue weighted by Crippen LogP contribution is -2.34. The molecule has 0 aromatic carbocycles. The van der Waals surface area contributed by atoms with Crippen molar-refractivity contribution >= 4 is 25.7 Å². The number of phosphoric acid groups is 1. The molecule has 0 aliphatic rings. The number of aryl methyl sites for hydroxylation is 5. The van der Waals surface area contributed by atoms with Crippen LogP contribution in [0.5, 0.6) is 0 Å². The van der Waals surface area contributed by atoms with Crippen LogP contribution in [-0.4, -0.2) is 59.9 Å². The minimum absolute atomic E-state index is 0.123. The largest absolute Gasteiger partial charge is 0.480 e. The van der Waals surface area contributed by atoms with Crippen molar-refractivity contribution in [2.24, 2.45) is 5.73 Å². The predicted octanol–water partition coefficient (Wildman–Crippen LogP) is 9.73. The fourth-order valence-corrected chi connectivity index (χ4v) is 7.32. The van der Waals surface area contributed by atoms with Gasteiger partial charge in [0.05, 0.1) is 13.2 Å². The van der Waals surface area contributed by atoms with E-state index in [0.29, 0.717) is 12.8 Å². The summed E-state index contributed by atoms with van der Waals surface area (Å²) in [4.78, 5) is 46.2. The number of esters is 2. The first-order chi connectivity index (χ1) is 27.3. The fourth-order valence-electron chi connectivity index (χ4n) is 6.54. The first-order valence-corrected chi connectivity index (χ1v) is 22.9. The van der Waals surface area contributed by atoms with Gasteiger partial charge in [-0.05, 0) is 82.1 Å². The Labute approximate surface area is 340 Å². The molecular weight excluding hydrogens is 753 g/mol. The van der Waals surface area contributed by atoms with E-state index < -0.39 is 51.1 Å². The highest BCUT2D eigenvalue weighted by Gasteiger charge is 2.28. The third-order valence-electron chi connectivity index (χ3n) is 10.2. The van der Waals surface area contributed by atoms with Crippen LogP contribution >= 0.6 is 7.82 Å². The summed E-state index contributed by atoms with van der Waals surface area (Å²) in [6.07, 6.45) is 18.8. The summed E-state index contributed by atoms with van der Waals surface area (Å²) in [7, 11) is -4.74. The van der Waals surface area contributed by atoms with Crippen molar-refractivity contribution in [3.05, 3.63) is 45.8 Å². The molecule has 13 nitrogen and oxygen atoms in total. The molecular formula is C43H72NO12P. The van der Waals surface area contributed by atoms with E-state index in [1.165, 1.54) is 29.5 Å². The van der Waals surface area contributed by atoms with Crippen LogP contribution in [0.1, 0.15) is 169 Å². The van der Waals surface area contributed by atoms with Crippen molar-refractivity contribution in [1.82, 2.24) is 0 Å². The molecule has 2 aromatic heterocycles. The van der Waals surface area contributed by atoms with Crippen LogP contribution in [0.4, 0.5) is 0 Å².